The first-order valence-corrected chi connectivity index (χ1v) is 6.83. The van der Waals surface area contributed by atoms with Crippen LogP contribution in [-0.2, 0) is 4.74 Å². The highest BCUT2D eigenvalue weighted by atomic mass is 35.5. The molecule has 0 bridgehead atoms. The van der Waals surface area contributed by atoms with Crippen LogP contribution in [0.2, 0.25) is 5.02 Å². The Labute approximate surface area is 118 Å². The van der Waals surface area contributed by atoms with Crippen molar-refractivity contribution in [1.29, 1.82) is 0 Å². The molecular formula is C14H19ClN2O2. The maximum absolute atomic E-state index is 12.5. The van der Waals surface area contributed by atoms with Gasteiger partial charge in [-0.05, 0) is 30.9 Å². The highest BCUT2D eigenvalue weighted by molar-refractivity contribution is 6.36. The van der Waals surface area contributed by atoms with E-state index in [-0.39, 0.29) is 5.91 Å². The highest BCUT2D eigenvalue weighted by Crippen LogP contribution is 2.26. The van der Waals surface area contributed by atoms with Gasteiger partial charge in [0.15, 0.2) is 0 Å². The summed E-state index contributed by atoms with van der Waals surface area (Å²) in [6.45, 7) is 2.18. The van der Waals surface area contributed by atoms with Crippen LogP contribution in [0.15, 0.2) is 18.2 Å². The molecule has 1 saturated heterocycles. The normalized spacial score (nSPS) is 19.5. The van der Waals surface area contributed by atoms with E-state index in [1.165, 1.54) is 0 Å². The molecular weight excluding hydrogens is 264 g/mol. The number of rotatable bonds is 3. The molecule has 1 heterocycles. The van der Waals surface area contributed by atoms with Crippen LogP contribution in [0.25, 0.3) is 0 Å². The van der Waals surface area contributed by atoms with Gasteiger partial charge in [0.25, 0.3) is 5.91 Å². The van der Waals surface area contributed by atoms with Crippen molar-refractivity contribution >= 4 is 23.2 Å². The van der Waals surface area contributed by atoms with Gasteiger partial charge in [-0.25, -0.2) is 0 Å². The lowest BCUT2D eigenvalue weighted by Crippen LogP contribution is -2.41. The molecule has 5 heteroatoms. The third kappa shape index (κ3) is 3.19. The SMILES string of the molecule is COCC1CCCN(C(=O)c2cccc(N)c2Cl)C1. The van der Waals surface area contributed by atoms with Gasteiger partial charge >= 0.3 is 0 Å². The second-order valence-electron chi connectivity index (χ2n) is 4.92. The smallest absolute Gasteiger partial charge is 0.255 e. The van der Waals surface area contributed by atoms with Crippen molar-refractivity contribution in [2.45, 2.75) is 12.8 Å². The highest BCUT2D eigenvalue weighted by Gasteiger charge is 2.25. The summed E-state index contributed by atoms with van der Waals surface area (Å²) >= 11 is 6.11. The lowest BCUT2D eigenvalue weighted by atomic mass is 9.98. The maximum atomic E-state index is 12.5. The Morgan fingerprint density at radius 2 is 2.37 bits per heavy atom. The van der Waals surface area contributed by atoms with Crippen molar-refractivity contribution in [2.75, 3.05) is 32.5 Å². The van der Waals surface area contributed by atoms with Crippen molar-refractivity contribution in [1.82, 2.24) is 4.90 Å². The molecule has 4 nitrogen and oxygen atoms in total. The molecule has 104 valence electrons. The number of carbonyl (C=O) groups excluding carboxylic acids is 1. The number of likely N-dealkylation sites (tertiary alicyclic amines) is 1. The minimum atomic E-state index is -0.0434. The number of nitrogens with two attached hydrogens (primary N) is 1. The summed E-state index contributed by atoms with van der Waals surface area (Å²) < 4.78 is 5.17. The number of nitrogens with zero attached hydrogens (tertiary/aromatic N) is 1. The van der Waals surface area contributed by atoms with Crippen molar-refractivity contribution in [2.24, 2.45) is 5.92 Å². The van der Waals surface area contributed by atoms with Gasteiger partial charge in [-0.3, -0.25) is 4.79 Å². The first-order valence-electron chi connectivity index (χ1n) is 6.45. The van der Waals surface area contributed by atoms with E-state index in [0.29, 0.717) is 28.8 Å². The molecule has 1 atom stereocenters. The number of carbonyl (C=O) groups is 1. The summed E-state index contributed by atoms with van der Waals surface area (Å²) in [4.78, 5) is 14.3. The second kappa shape index (κ2) is 6.26. The van der Waals surface area contributed by atoms with Crippen LogP contribution in [-0.4, -0.2) is 37.6 Å². The van der Waals surface area contributed by atoms with E-state index in [9.17, 15) is 4.79 Å². The number of hydrogen-bond donors (Lipinski definition) is 1. The molecule has 0 saturated carbocycles. The summed E-state index contributed by atoms with van der Waals surface area (Å²) in [5.41, 5.74) is 6.67. The number of piperidine rings is 1. The van der Waals surface area contributed by atoms with Crippen LogP contribution in [0.5, 0.6) is 0 Å². The van der Waals surface area contributed by atoms with Gasteiger partial charge in [0.2, 0.25) is 0 Å². The van der Waals surface area contributed by atoms with Gasteiger partial charge in [0.1, 0.15) is 0 Å². The third-order valence-corrected chi connectivity index (χ3v) is 3.89. The quantitative estimate of drug-likeness (QED) is 0.866. The number of halogens is 1. The number of methoxy groups -OCH3 is 1. The van der Waals surface area contributed by atoms with Gasteiger partial charge in [-0.15, -0.1) is 0 Å². The number of nitrogen functional groups attached to an aromatic ring is 1. The minimum absolute atomic E-state index is 0.0434. The fraction of sp³-hybridized carbons (Fsp3) is 0.500. The third-order valence-electron chi connectivity index (χ3n) is 3.47. The van der Waals surface area contributed by atoms with Crippen LogP contribution < -0.4 is 5.73 Å². The Morgan fingerprint density at radius 3 is 3.11 bits per heavy atom. The molecule has 1 aliphatic rings. The van der Waals surface area contributed by atoms with Crippen LogP contribution in [0.3, 0.4) is 0 Å². The Hall–Kier alpha value is -1.26. The molecule has 19 heavy (non-hydrogen) atoms. The van der Waals surface area contributed by atoms with E-state index < -0.39 is 0 Å². The Morgan fingerprint density at radius 1 is 1.58 bits per heavy atom. The zero-order valence-corrected chi connectivity index (χ0v) is 11.8. The van der Waals surface area contributed by atoms with Crippen molar-refractivity contribution < 1.29 is 9.53 Å². The molecule has 1 aromatic rings. The van der Waals surface area contributed by atoms with Crippen molar-refractivity contribution in [3.8, 4) is 0 Å². The van der Waals surface area contributed by atoms with Crippen LogP contribution >= 0.6 is 11.6 Å². The monoisotopic (exact) mass is 282 g/mol. The van der Waals surface area contributed by atoms with E-state index in [1.807, 2.05) is 4.90 Å². The van der Waals surface area contributed by atoms with Crippen LogP contribution in [0, 0.1) is 5.92 Å². The Balaban J connectivity index is 2.12. The topological polar surface area (TPSA) is 55.6 Å². The molecule has 1 amide bonds. The first-order chi connectivity index (χ1) is 9.13. The lowest BCUT2D eigenvalue weighted by Gasteiger charge is -2.32. The summed E-state index contributed by atoms with van der Waals surface area (Å²) in [5.74, 6) is 0.362. The molecule has 0 radical (unpaired) electrons. The summed E-state index contributed by atoms with van der Waals surface area (Å²) in [6, 6.07) is 5.18. The predicted octanol–water partition coefficient (Wildman–Crippen LogP) is 2.42. The molecule has 2 N–H and O–H groups in total. The minimum Gasteiger partial charge on any atom is -0.398 e. The zero-order chi connectivity index (χ0) is 13.8. The van der Waals surface area contributed by atoms with E-state index in [0.717, 1.165) is 25.9 Å². The Kier molecular flexibility index (Phi) is 4.66. The van der Waals surface area contributed by atoms with Crippen molar-refractivity contribution in [3.63, 3.8) is 0 Å². The van der Waals surface area contributed by atoms with Gasteiger partial charge < -0.3 is 15.4 Å². The fourth-order valence-corrected chi connectivity index (χ4v) is 2.71. The standard InChI is InChI=1S/C14H19ClN2O2/c1-19-9-10-4-3-7-17(8-10)14(18)11-5-2-6-12(16)13(11)15/h2,5-6,10H,3-4,7-9,16H2,1H3. The maximum Gasteiger partial charge on any atom is 0.255 e. The predicted molar refractivity (Wildman–Crippen MR) is 76.4 cm³/mol. The summed E-state index contributed by atoms with van der Waals surface area (Å²) in [7, 11) is 1.69. The molecule has 1 unspecified atom stereocenters. The number of anilines is 1. The van der Waals surface area contributed by atoms with Gasteiger partial charge in [-0.1, -0.05) is 17.7 Å². The molecule has 0 spiro atoms. The van der Waals surface area contributed by atoms with E-state index in [2.05, 4.69) is 0 Å². The van der Waals surface area contributed by atoms with E-state index in [1.54, 1.807) is 25.3 Å². The van der Waals surface area contributed by atoms with E-state index in [4.69, 9.17) is 22.1 Å². The average Bonchev–Trinajstić information content (AvgIpc) is 2.42. The zero-order valence-electron chi connectivity index (χ0n) is 11.1. The van der Waals surface area contributed by atoms with Crippen molar-refractivity contribution in [3.05, 3.63) is 28.8 Å². The van der Waals surface area contributed by atoms with E-state index >= 15 is 0 Å². The Bertz CT molecular complexity index is 463. The number of ether oxygens (including phenoxy) is 1. The van der Waals surface area contributed by atoms with Crippen LogP contribution in [0.1, 0.15) is 23.2 Å². The fourth-order valence-electron chi connectivity index (χ4n) is 2.51. The average molecular weight is 283 g/mol. The molecule has 0 aliphatic carbocycles. The number of benzene rings is 1. The van der Waals surface area contributed by atoms with Gasteiger partial charge in [0.05, 0.1) is 22.9 Å². The van der Waals surface area contributed by atoms with Gasteiger partial charge in [0, 0.05) is 20.2 Å². The lowest BCUT2D eigenvalue weighted by molar-refractivity contribution is 0.0571. The molecule has 2 rings (SSSR count). The molecule has 1 aromatic carbocycles. The van der Waals surface area contributed by atoms with Crippen LogP contribution in [0.4, 0.5) is 5.69 Å². The number of amides is 1. The summed E-state index contributed by atoms with van der Waals surface area (Å²) in [6.07, 6.45) is 2.10. The molecule has 1 aliphatic heterocycles. The second-order valence-corrected chi connectivity index (χ2v) is 5.30. The molecule has 1 fully saturated rings. The number of hydrogen-bond acceptors (Lipinski definition) is 3. The first kappa shape index (κ1) is 14.2. The van der Waals surface area contributed by atoms with Gasteiger partial charge in [-0.2, -0.15) is 0 Å². The molecule has 0 aromatic heterocycles. The largest absolute Gasteiger partial charge is 0.398 e. The summed E-state index contributed by atoms with van der Waals surface area (Å²) in [5, 5.41) is 0.348.